The van der Waals surface area contributed by atoms with E-state index in [4.69, 9.17) is 14.9 Å². The average molecular weight is 450 g/mol. The number of methoxy groups -OCH3 is 1. The maximum atomic E-state index is 15.0. The van der Waals surface area contributed by atoms with E-state index < -0.39 is 6.09 Å². The molecule has 0 bridgehead atoms. The number of alkyl carbamates (subject to hydrolysis) is 1. The molecule has 9 nitrogen and oxygen atoms in total. The molecule has 1 aromatic rings. The standard InChI is InChI=1S/C22H32FN5O4/c1-25-21(24)26-22(30)32-14-16-4-3-5-18(20(16)23)28-12-17(13-28)15-6-9-27(10-7-15)19(29)8-11-31-2/h3-5,15,17H,6-14H2,1-2H3,(H3,24,25,26,30). The highest BCUT2D eigenvalue weighted by atomic mass is 19.1. The molecule has 2 aliphatic heterocycles. The first-order valence-corrected chi connectivity index (χ1v) is 10.9. The topological polar surface area (TPSA) is 107 Å². The number of rotatable bonds is 7. The number of carbonyl (C=O) groups is 2. The second-order valence-electron chi connectivity index (χ2n) is 8.20. The van der Waals surface area contributed by atoms with Crippen molar-refractivity contribution in [3.8, 4) is 0 Å². The van der Waals surface area contributed by atoms with Crippen molar-refractivity contribution in [2.24, 2.45) is 11.8 Å². The highest BCUT2D eigenvalue weighted by molar-refractivity contribution is 5.91. The summed E-state index contributed by atoms with van der Waals surface area (Å²) >= 11 is 0. The van der Waals surface area contributed by atoms with Gasteiger partial charge in [0.1, 0.15) is 6.61 Å². The summed E-state index contributed by atoms with van der Waals surface area (Å²) in [6.07, 6.45) is 1.57. The first-order valence-electron chi connectivity index (χ1n) is 10.9. The van der Waals surface area contributed by atoms with Gasteiger partial charge < -0.3 is 24.6 Å². The van der Waals surface area contributed by atoms with Crippen LogP contribution < -0.4 is 15.5 Å². The predicted octanol–water partition coefficient (Wildman–Crippen LogP) is 1.92. The van der Waals surface area contributed by atoms with E-state index in [1.165, 1.54) is 7.05 Å². The monoisotopic (exact) mass is 449 g/mol. The number of ether oxygens (including phenoxy) is 2. The predicted molar refractivity (Wildman–Crippen MR) is 118 cm³/mol. The van der Waals surface area contributed by atoms with Crippen LogP contribution in [0.5, 0.6) is 0 Å². The van der Waals surface area contributed by atoms with Gasteiger partial charge >= 0.3 is 6.09 Å². The highest BCUT2D eigenvalue weighted by Gasteiger charge is 2.37. The van der Waals surface area contributed by atoms with Crippen molar-refractivity contribution >= 4 is 23.6 Å². The minimum atomic E-state index is -0.815. The zero-order valence-corrected chi connectivity index (χ0v) is 18.7. The molecule has 2 heterocycles. The third-order valence-corrected chi connectivity index (χ3v) is 6.22. The average Bonchev–Trinajstić information content (AvgIpc) is 2.77. The van der Waals surface area contributed by atoms with Gasteiger partial charge in [-0.05, 0) is 30.7 Å². The fraction of sp³-hybridized carbons (Fsp3) is 0.591. The van der Waals surface area contributed by atoms with Gasteiger partial charge in [-0.25, -0.2) is 9.18 Å². The van der Waals surface area contributed by atoms with Crippen molar-refractivity contribution < 1.29 is 23.5 Å². The fourth-order valence-electron chi connectivity index (χ4n) is 4.24. The molecule has 0 radical (unpaired) electrons. The number of anilines is 1. The van der Waals surface area contributed by atoms with Gasteiger partial charge in [0.2, 0.25) is 5.91 Å². The lowest BCUT2D eigenvalue weighted by molar-refractivity contribution is -0.133. The van der Waals surface area contributed by atoms with E-state index in [1.54, 1.807) is 25.3 Å². The molecule has 2 aliphatic rings. The first-order chi connectivity index (χ1) is 15.4. The fourth-order valence-corrected chi connectivity index (χ4v) is 4.24. The molecule has 2 amide bonds. The normalized spacial score (nSPS) is 17.0. The van der Waals surface area contributed by atoms with E-state index in [1.807, 2.05) is 9.80 Å². The maximum absolute atomic E-state index is 15.0. The lowest BCUT2D eigenvalue weighted by Gasteiger charge is -2.47. The Kier molecular flexibility index (Phi) is 8.26. The number of halogens is 1. The summed E-state index contributed by atoms with van der Waals surface area (Å²) in [5.74, 6) is 0.600. The van der Waals surface area contributed by atoms with E-state index in [9.17, 15) is 14.0 Å². The van der Waals surface area contributed by atoms with E-state index >= 15 is 0 Å². The third-order valence-electron chi connectivity index (χ3n) is 6.22. The zero-order valence-electron chi connectivity index (χ0n) is 18.7. The molecular formula is C22H32FN5O4. The molecule has 0 unspecified atom stereocenters. The summed E-state index contributed by atoms with van der Waals surface area (Å²) in [4.78, 5) is 27.7. The molecule has 32 heavy (non-hydrogen) atoms. The molecule has 0 spiro atoms. The summed E-state index contributed by atoms with van der Waals surface area (Å²) in [7, 11) is 3.10. The second kappa shape index (κ2) is 11.1. The summed E-state index contributed by atoms with van der Waals surface area (Å²) in [5.41, 5.74) is 0.804. The molecule has 2 saturated heterocycles. The molecule has 3 rings (SSSR count). The minimum Gasteiger partial charge on any atom is -0.444 e. The first kappa shape index (κ1) is 23.8. The third kappa shape index (κ3) is 5.87. The van der Waals surface area contributed by atoms with Crippen molar-refractivity contribution in [1.29, 1.82) is 5.41 Å². The molecular weight excluding hydrogens is 417 g/mol. The molecule has 176 valence electrons. The van der Waals surface area contributed by atoms with Gasteiger partial charge in [0, 0.05) is 45.9 Å². The molecule has 0 atom stereocenters. The van der Waals surface area contributed by atoms with Gasteiger partial charge in [-0.3, -0.25) is 15.5 Å². The Bertz CT molecular complexity index is 823. The maximum Gasteiger partial charge on any atom is 0.414 e. The van der Waals surface area contributed by atoms with Crippen LogP contribution in [0.3, 0.4) is 0 Å². The molecule has 10 heteroatoms. The quantitative estimate of drug-likeness (QED) is 0.434. The van der Waals surface area contributed by atoms with Gasteiger partial charge in [-0.2, -0.15) is 0 Å². The van der Waals surface area contributed by atoms with Gasteiger partial charge in [0.05, 0.1) is 18.7 Å². The van der Waals surface area contributed by atoms with Crippen LogP contribution in [-0.4, -0.2) is 69.8 Å². The Hall–Kier alpha value is -2.88. The second-order valence-corrected chi connectivity index (χ2v) is 8.20. The number of nitrogens with one attached hydrogen (secondary N) is 3. The number of likely N-dealkylation sites (tertiary alicyclic amines) is 1. The van der Waals surface area contributed by atoms with Gasteiger partial charge in [0.15, 0.2) is 11.8 Å². The number of amides is 2. The van der Waals surface area contributed by atoms with E-state index in [2.05, 4.69) is 10.6 Å². The van der Waals surface area contributed by atoms with Crippen LogP contribution in [0.15, 0.2) is 18.2 Å². The largest absolute Gasteiger partial charge is 0.444 e. The SMILES string of the molecule is CNC(=N)NC(=O)OCc1cccc(N2CC(C3CCN(C(=O)CCOC)CC3)C2)c1F. The summed E-state index contributed by atoms with van der Waals surface area (Å²) in [6.45, 7) is 3.36. The highest BCUT2D eigenvalue weighted by Crippen LogP contribution is 2.36. The van der Waals surface area contributed by atoms with E-state index in [0.29, 0.717) is 36.1 Å². The van der Waals surface area contributed by atoms with Crippen LogP contribution in [0.25, 0.3) is 0 Å². The summed E-state index contributed by atoms with van der Waals surface area (Å²) in [5, 5.41) is 12.0. The zero-order chi connectivity index (χ0) is 23.1. The Morgan fingerprint density at radius 3 is 2.59 bits per heavy atom. The number of benzene rings is 1. The van der Waals surface area contributed by atoms with Gasteiger partial charge in [0.25, 0.3) is 0 Å². The van der Waals surface area contributed by atoms with Crippen molar-refractivity contribution in [1.82, 2.24) is 15.5 Å². The molecule has 0 saturated carbocycles. The van der Waals surface area contributed by atoms with Crippen LogP contribution in [0.1, 0.15) is 24.8 Å². The molecule has 3 N–H and O–H groups in total. The van der Waals surface area contributed by atoms with Crippen LogP contribution in [0, 0.1) is 23.1 Å². The summed E-state index contributed by atoms with van der Waals surface area (Å²) < 4.78 is 25.0. The molecule has 0 aromatic heterocycles. The Morgan fingerprint density at radius 2 is 1.94 bits per heavy atom. The number of nitrogens with zero attached hydrogens (tertiary/aromatic N) is 2. The van der Waals surface area contributed by atoms with E-state index in [0.717, 1.165) is 39.0 Å². The molecule has 2 fully saturated rings. The number of hydrogen-bond donors (Lipinski definition) is 3. The van der Waals surface area contributed by atoms with Crippen molar-refractivity contribution in [2.45, 2.75) is 25.9 Å². The van der Waals surface area contributed by atoms with Gasteiger partial charge in [-0.15, -0.1) is 0 Å². The number of carbonyl (C=O) groups excluding carboxylic acids is 2. The number of guanidine groups is 1. The van der Waals surface area contributed by atoms with Crippen LogP contribution >= 0.6 is 0 Å². The van der Waals surface area contributed by atoms with Crippen molar-refractivity contribution in [2.75, 3.05) is 51.8 Å². The van der Waals surface area contributed by atoms with Crippen LogP contribution in [0.4, 0.5) is 14.9 Å². The Labute approximate surface area is 187 Å². The van der Waals surface area contributed by atoms with Crippen LogP contribution in [0.2, 0.25) is 0 Å². The van der Waals surface area contributed by atoms with Crippen LogP contribution in [-0.2, 0) is 20.9 Å². The smallest absolute Gasteiger partial charge is 0.414 e. The molecule has 1 aromatic carbocycles. The summed E-state index contributed by atoms with van der Waals surface area (Å²) in [6, 6.07) is 5.08. The molecule has 0 aliphatic carbocycles. The van der Waals surface area contributed by atoms with Crippen molar-refractivity contribution in [3.05, 3.63) is 29.6 Å². The Morgan fingerprint density at radius 1 is 1.22 bits per heavy atom. The van der Waals surface area contributed by atoms with E-state index in [-0.39, 0.29) is 24.3 Å². The number of hydrogen-bond acceptors (Lipinski definition) is 6. The lowest BCUT2D eigenvalue weighted by atomic mass is 9.79. The minimum absolute atomic E-state index is 0.151. The van der Waals surface area contributed by atoms with Crippen molar-refractivity contribution in [3.63, 3.8) is 0 Å². The Balaban J connectivity index is 1.46. The van der Waals surface area contributed by atoms with Gasteiger partial charge in [-0.1, -0.05) is 12.1 Å². The number of piperidine rings is 1. The lowest BCUT2D eigenvalue weighted by Crippen LogP contribution is -2.53.